The molecule has 2 unspecified atom stereocenters. The molecule has 1 nitrogen and oxygen atoms in total. The van der Waals surface area contributed by atoms with Crippen molar-refractivity contribution in [3.8, 4) is 0 Å². The summed E-state index contributed by atoms with van der Waals surface area (Å²) < 4.78 is 13.8. The SMILES string of the molecule is Cc1ccc(C(F)C2CCCN2)s1. The van der Waals surface area contributed by atoms with Gasteiger partial charge in [0, 0.05) is 15.8 Å². The van der Waals surface area contributed by atoms with E-state index in [0.29, 0.717) is 0 Å². The van der Waals surface area contributed by atoms with Gasteiger partial charge in [-0.3, -0.25) is 0 Å². The zero-order valence-corrected chi connectivity index (χ0v) is 8.53. The predicted molar refractivity (Wildman–Crippen MR) is 53.9 cm³/mol. The Hall–Kier alpha value is -0.410. The first-order valence-corrected chi connectivity index (χ1v) is 5.53. The van der Waals surface area contributed by atoms with Gasteiger partial charge in [-0.25, -0.2) is 4.39 Å². The van der Waals surface area contributed by atoms with Gasteiger partial charge in [0.05, 0.1) is 0 Å². The van der Waals surface area contributed by atoms with Gasteiger partial charge in [-0.2, -0.15) is 0 Å². The standard InChI is InChI=1S/C10H14FNS/c1-7-4-5-9(13-7)10(11)8-3-2-6-12-8/h4-5,8,10,12H,2-3,6H2,1H3. The third-order valence-electron chi connectivity index (χ3n) is 2.48. The van der Waals surface area contributed by atoms with Crippen molar-refractivity contribution in [1.29, 1.82) is 0 Å². The van der Waals surface area contributed by atoms with Gasteiger partial charge in [-0.05, 0) is 38.4 Å². The first-order chi connectivity index (χ1) is 6.27. The van der Waals surface area contributed by atoms with E-state index in [1.165, 1.54) is 4.88 Å². The van der Waals surface area contributed by atoms with E-state index in [9.17, 15) is 4.39 Å². The number of aryl methyl sites for hydroxylation is 1. The molecule has 72 valence electrons. The van der Waals surface area contributed by atoms with Gasteiger partial charge in [0.1, 0.15) is 6.17 Å². The number of rotatable bonds is 2. The highest BCUT2D eigenvalue weighted by atomic mass is 32.1. The van der Waals surface area contributed by atoms with Gasteiger partial charge in [-0.15, -0.1) is 11.3 Å². The molecule has 0 aliphatic carbocycles. The summed E-state index contributed by atoms with van der Waals surface area (Å²) in [4.78, 5) is 2.06. The van der Waals surface area contributed by atoms with Crippen molar-refractivity contribution in [2.24, 2.45) is 0 Å². The fraction of sp³-hybridized carbons (Fsp3) is 0.600. The maximum Gasteiger partial charge on any atom is 0.149 e. The van der Waals surface area contributed by atoms with Crippen LogP contribution >= 0.6 is 11.3 Å². The van der Waals surface area contributed by atoms with Crippen molar-refractivity contribution < 1.29 is 4.39 Å². The van der Waals surface area contributed by atoms with Crippen molar-refractivity contribution in [3.63, 3.8) is 0 Å². The number of nitrogens with one attached hydrogen (secondary N) is 1. The summed E-state index contributed by atoms with van der Waals surface area (Å²) in [5.41, 5.74) is 0. The Labute approximate surface area is 82.0 Å². The van der Waals surface area contributed by atoms with Crippen molar-refractivity contribution in [3.05, 3.63) is 21.9 Å². The highest BCUT2D eigenvalue weighted by Gasteiger charge is 2.26. The van der Waals surface area contributed by atoms with Crippen molar-refractivity contribution in [2.75, 3.05) is 6.54 Å². The van der Waals surface area contributed by atoms with Crippen LogP contribution in [-0.2, 0) is 0 Å². The van der Waals surface area contributed by atoms with Crippen LogP contribution in [0.5, 0.6) is 0 Å². The van der Waals surface area contributed by atoms with E-state index in [-0.39, 0.29) is 6.04 Å². The monoisotopic (exact) mass is 199 g/mol. The molecule has 1 aliphatic rings. The Kier molecular flexibility index (Phi) is 2.65. The van der Waals surface area contributed by atoms with Crippen LogP contribution in [0.15, 0.2) is 12.1 Å². The average molecular weight is 199 g/mol. The molecule has 1 aromatic rings. The molecule has 2 rings (SSSR count). The Morgan fingerprint density at radius 1 is 1.62 bits per heavy atom. The third-order valence-corrected chi connectivity index (χ3v) is 3.54. The second kappa shape index (κ2) is 3.76. The average Bonchev–Trinajstić information content (AvgIpc) is 2.72. The van der Waals surface area contributed by atoms with Crippen LogP contribution in [0, 0.1) is 6.92 Å². The summed E-state index contributed by atoms with van der Waals surface area (Å²) in [6.07, 6.45) is 1.27. The second-order valence-electron chi connectivity index (χ2n) is 3.55. The Morgan fingerprint density at radius 3 is 3.00 bits per heavy atom. The van der Waals surface area contributed by atoms with Crippen LogP contribution in [-0.4, -0.2) is 12.6 Å². The molecule has 2 heterocycles. The topological polar surface area (TPSA) is 12.0 Å². The van der Waals surface area contributed by atoms with Crippen molar-refractivity contribution in [1.82, 2.24) is 5.32 Å². The Morgan fingerprint density at radius 2 is 2.46 bits per heavy atom. The molecule has 1 aliphatic heterocycles. The summed E-state index contributed by atoms with van der Waals surface area (Å²) in [6, 6.07) is 3.95. The maximum absolute atomic E-state index is 13.8. The second-order valence-corrected chi connectivity index (χ2v) is 4.87. The van der Waals surface area contributed by atoms with Crippen molar-refractivity contribution in [2.45, 2.75) is 32.0 Å². The Bertz CT molecular complexity index is 278. The zero-order chi connectivity index (χ0) is 9.26. The van der Waals surface area contributed by atoms with Gasteiger partial charge >= 0.3 is 0 Å². The van der Waals surface area contributed by atoms with E-state index in [2.05, 4.69) is 5.32 Å². The van der Waals surface area contributed by atoms with Gasteiger partial charge in [0.25, 0.3) is 0 Å². The minimum absolute atomic E-state index is 0.0537. The van der Waals surface area contributed by atoms with Gasteiger partial charge < -0.3 is 5.32 Å². The predicted octanol–water partition coefficient (Wildman–Crippen LogP) is 2.82. The van der Waals surface area contributed by atoms with Crippen LogP contribution < -0.4 is 5.32 Å². The molecular weight excluding hydrogens is 185 g/mol. The number of thiophene rings is 1. The molecule has 1 fully saturated rings. The highest BCUT2D eigenvalue weighted by Crippen LogP contribution is 2.31. The molecule has 1 N–H and O–H groups in total. The van der Waals surface area contributed by atoms with E-state index in [1.54, 1.807) is 11.3 Å². The minimum Gasteiger partial charge on any atom is -0.311 e. The molecule has 0 radical (unpaired) electrons. The summed E-state index contributed by atoms with van der Waals surface area (Å²) in [5, 5.41) is 3.20. The molecule has 0 spiro atoms. The van der Waals surface area contributed by atoms with E-state index < -0.39 is 6.17 Å². The lowest BCUT2D eigenvalue weighted by atomic mass is 10.1. The molecule has 0 saturated carbocycles. The molecule has 3 heteroatoms. The molecule has 0 amide bonds. The lowest BCUT2D eigenvalue weighted by molar-refractivity contribution is 0.276. The van der Waals surface area contributed by atoms with Gasteiger partial charge in [0.2, 0.25) is 0 Å². The molecule has 0 aromatic carbocycles. The van der Waals surface area contributed by atoms with E-state index in [4.69, 9.17) is 0 Å². The fourth-order valence-corrected chi connectivity index (χ4v) is 2.68. The normalized spacial score (nSPS) is 24.9. The maximum atomic E-state index is 13.8. The van der Waals surface area contributed by atoms with Crippen molar-refractivity contribution >= 4 is 11.3 Å². The number of hydrogen-bond acceptors (Lipinski definition) is 2. The molecule has 0 bridgehead atoms. The van der Waals surface area contributed by atoms with E-state index in [1.807, 2.05) is 19.1 Å². The fourth-order valence-electron chi connectivity index (χ4n) is 1.76. The van der Waals surface area contributed by atoms with Crippen LogP contribution in [0.25, 0.3) is 0 Å². The lowest BCUT2D eigenvalue weighted by Gasteiger charge is -2.13. The first-order valence-electron chi connectivity index (χ1n) is 4.71. The van der Waals surface area contributed by atoms with Gasteiger partial charge in [0.15, 0.2) is 0 Å². The van der Waals surface area contributed by atoms with E-state index in [0.717, 1.165) is 24.3 Å². The van der Waals surface area contributed by atoms with Crippen LogP contribution in [0.3, 0.4) is 0 Å². The minimum atomic E-state index is -0.804. The number of halogens is 1. The first kappa shape index (κ1) is 9.16. The van der Waals surface area contributed by atoms with E-state index >= 15 is 0 Å². The summed E-state index contributed by atoms with van der Waals surface area (Å²) in [6.45, 7) is 2.98. The quantitative estimate of drug-likeness (QED) is 0.772. The molecule has 1 aromatic heterocycles. The number of hydrogen-bond donors (Lipinski definition) is 1. The van der Waals surface area contributed by atoms with Gasteiger partial charge in [-0.1, -0.05) is 0 Å². The molecule has 13 heavy (non-hydrogen) atoms. The van der Waals surface area contributed by atoms with Crippen LogP contribution in [0.4, 0.5) is 4.39 Å². The highest BCUT2D eigenvalue weighted by molar-refractivity contribution is 7.12. The zero-order valence-electron chi connectivity index (χ0n) is 7.72. The van der Waals surface area contributed by atoms with Crippen LogP contribution in [0.1, 0.15) is 28.8 Å². The summed E-state index contributed by atoms with van der Waals surface area (Å²) in [7, 11) is 0. The molecule has 2 atom stereocenters. The third kappa shape index (κ3) is 1.92. The largest absolute Gasteiger partial charge is 0.311 e. The lowest BCUT2D eigenvalue weighted by Crippen LogP contribution is -2.25. The number of alkyl halides is 1. The summed E-state index contributed by atoms with van der Waals surface area (Å²) >= 11 is 1.57. The molecular formula is C10H14FNS. The smallest absolute Gasteiger partial charge is 0.149 e. The Balaban J connectivity index is 2.07. The van der Waals surface area contributed by atoms with Crippen LogP contribution in [0.2, 0.25) is 0 Å². The molecule has 1 saturated heterocycles. The summed E-state index contributed by atoms with van der Waals surface area (Å²) in [5.74, 6) is 0.